The molecule has 0 aromatic heterocycles. The molecule has 0 radical (unpaired) electrons. The quantitative estimate of drug-likeness (QED) is 0.654. The lowest BCUT2D eigenvalue weighted by Gasteiger charge is -2.33. The van der Waals surface area contributed by atoms with E-state index < -0.39 is 23.4 Å². The van der Waals surface area contributed by atoms with Gasteiger partial charge in [0.05, 0.1) is 6.61 Å². The summed E-state index contributed by atoms with van der Waals surface area (Å²) in [6, 6.07) is 5.12. The van der Waals surface area contributed by atoms with Crippen LogP contribution in [0.25, 0.3) is 0 Å². The molecule has 1 N–H and O–H groups in total. The standard InChI is InChI=1S/C12H15NO5/c1-12(2)17-7-9-8(10(14)6-13(15)16)4-3-5-11(9)18-12/h3-5,10,14H,6-7H2,1-2H3. The third-order valence-electron chi connectivity index (χ3n) is 2.77. The van der Waals surface area contributed by atoms with Crippen LogP contribution < -0.4 is 4.74 Å². The minimum atomic E-state index is -1.15. The molecule has 0 spiro atoms. The Hall–Kier alpha value is -1.66. The fourth-order valence-electron chi connectivity index (χ4n) is 1.92. The highest BCUT2D eigenvalue weighted by Gasteiger charge is 2.30. The summed E-state index contributed by atoms with van der Waals surface area (Å²) in [4.78, 5) is 9.89. The molecule has 1 aromatic carbocycles. The lowest BCUT2D eigenvalue weighted by molar-refractivity contribution is -0.491. The van der Waals surface area contributed by atoms with Crippen LogP contribution in [0.2, 0.25) is 0 Å². The van der Waals surface area contributed by atoms with Crippen molar-refractivity contribution in [1.82, 2.24) is 0 Å². The van der Waals surface area contributed by atoms with Crippen LogP contribution in [0.1, 0.15) is 31.1 Å². The van der Waals surface area contributed by atoms with E-state index in [-0.39, 0.29) is 6.61 Å². The summed E-state index contributed by atoms with van der Waals surface area (Å²) in [5.74, 6) is -0.120. The van der Waals surface area contributed by atoms with Gasteiger partial charge in [-0.05, 0) is 11.6 Å². The average Bonchev–Trinajstić information content (AvgIpc) is 2.25. The maximum atomic E-state index is 10.4. The predicted molar refractivity (Wildman–Crippen MR) is 62.8 cm³/mol. The molecule has 0 aliphatic carbocycles. The minimum Gasteiger partial charge on any atom is -0.463 e. The second-order valence-electron chi connectivity index (χ2n) is 4.65. The van der Waals surface area contributed by atoms with Crippen LogP contribution in [0.3, 0.4) is 0 Å². The van der Waals surface area contributed by atoms with Crippen molar-refractivity contribution < 1.29 is 19.5 Å². The molecule has 1 heterocycles. The van der Waals surface area contributed by atoms with Gasteiger partial charge >= 0.3 is 0 Å². The van der Waals surface area contributed by atoms with Crippen LogP contribution in [-0.2, 0) is 11.3 Å². The van der Waals surface area contributed by atoms with Crippen LogP contribution in [0.4, 0.5) is 0 Å². The van der Waals surface area contributed by atoms with E-state index in [1.54, 1.807) is 32.0 Å². The first-order valence-corrected chi connectivity index (χ1v) is 5.64. The minimum absolute atomic E-state index is 0.271. The van der Waals surface area contributed by atoms with E-state index in [0.29, 0.717) is 16.9 Å². The SMILES string of the molecule is CC1(C)OCc2c(cccc2C(O)C[N+](=O)[O-])O1. The molecular weight excluding hydrogens is 238 g/mol. The van der Waals surface area contributed by atoms with E-state index >= 15 is 0 Å². The second-order valence-corrected chi connectivity index (χ2v) is 4.65. The number of aliphatic hydroxyl groups is 1. The molecule has 0 amide bonds. The van der Waals surface area contributed by atoms with Gasteiger partial charge in [-0.25, -0.2) is 0 Å². The molecule has 1 aliphatic rings. The van der Waals surface area contributed by atoms with Crippen LogP contribution in [0, 0.1) is 10.1 Å². The van der Waals surface area contributed by atoms with E-state index in [2.05, 4.69) is 0 Å². The number of nitro groups is 1. The molecule has 6 heteroatoms. The van der Waals surface area contributed by atoms with Gasteiger partial charge in [0.25, 0.3) is 0 Å². The van der Waals surface area contributed by atoms with Gasteiger partial charge in [0, 0.05) is 24.3 Å². The zero-order valence-electron chi connectivity index (χ0n) is 10.3. The first-order chi connectivity index (χ1) is 8.39. The maximum Gasteiger partial charge on any atom is 0.233 e. The van der Waals surface area contributed by atoms with E-state index in [0.717, 1.165) is 0 Å². The fraction of sp³-hybridized carbons (Fsp3) is 0.500. The van der Waals surface area contributed by atoms with Crippen LogP contribution in [0.15, 0.2) is 18.2 Å². The second kappa shape index (κ2) is 4.55. The largest absolute Gasteiger partial charge is 0.463 e. The van der Waals surface area contributed by atoms with Crippen molar-refractivity contribution in [3.05, 3.63) is 39.4 Å². The predicted octanol–water partition coefficient (Wildman–Crippen LogP) is 1.64. The lowest BCUT2D eigenvalue weighted by atomic mass is 10.0. The number of fused-ring (bicyclic) bond motifs is 1. The smallest absolute Gasteiger partial charge is 0.233 e. The Morgan fingerprint density at radius 1 is 1.56 bits per heavy atom. The molecule has 1 unspecified atom stereocenters. The van der Waals surface area contributed by atoms with E-state index in [4.69, 9.17) is 9.47 Å². The summed E-state index contributed by atoms with van der Waals surface area (Å²) >= 11 is 0. The molecule has 1 aliphatic heterocycles. The zero-order valence-corrected chi connectivity index (χ0v) is 10.3. The molecule has 0 saturated heterocycles. The van der Waals surface area contributed by atoms with Crippen molar-refractivity contribution >= 4 is 0 Å². The van der Waals surface area contributed by atoms with Crippen molar-refractivity contribution in [3.8, 4) is 5.75 Å². The Morgan fingerprint density at radius 2 is 2.28 bits per heavy atom. The van der Waals surface area contributed by atoms with E-state index in [1.807, 2.05) is 0 Å². The molecule has 0 bridgehead atoms. The Balaban J connectivity index is 2.32. The van der Waals surface area contributed by atoms with Crippen molar-refractivity contribution in [1.29, 1.82) is 0 Å². The van der Waals surface area contributed by atoms with Crippen molar-refractivity contribution in [2.75, 3.05) is 6.54 Å². The summed E-state index contributed by atoms with van der Waals surface area (Å²) in [5, 5.41) is 20.3. The molecule has 6 nitrogen and oxygen atoms in total. The first-order valence-electron chi connectivity index (χ1n) is 5.64. The van der Waals surface area contributed by atoms with Gasteiger partial charge < -0.3 is 14.6 Å². The van der Waals surface area contributed by atoms with E-state index in [1.165, 1.54) is 0 Å². The fourth-order valence-corrected chi connectivity index (χ4v) is 1.92. The Kier molecular flexibility index (Phi) is 3.23. The number of hydrogen-bond donors (Lipinski definition) is 1. The molecule has 1 atom stereocenters. The number of nitrogens with zero attached hydrogens (tertiary/aromatic N) is 1. The third kappa shape index (κ3) is 2.60. The first kappa shape index (κ1) is 12.8. The van der Waals surface area contributed by atoms with Gasteiger partial charge in [0.1, 0.15) is 11.9 Å². The molecule has 18 heavy (non-hydrogen) atoms. The maximum absolute atomic E-state index is 10.4. The highest BCUT2D eigenvalue weighted by molar-refractivity contribution is 5.42. The van der Waals surface area contributed by atoms with Gasteiger partial charge in [-0.15, -0.1) is 0 Å². The van der Waals surface area contributed by atoms with Crippen LogP contribution in [-0.4, -0.2) is 22.4 Å². The molecule has 98 valence electrons. The molecular formula is C12H15NO5. The number of ether oxygens (including phenoxy) is 2. The molecule has 0 fully saturated rings. The van der Waals surface area contributed by atoms with Gasteiger partial charge in [-0.1, -0.05) is 12.1 Å². The molecule has 1 aromatic rings. The van der Waals surface area contributed by atoms with Crippen molar-refractivity contribution in [2.45, 2.75) is 32.3 Å². The van der Waals surface area contributed by atoms with Crippen LogP contribution in [0.5, 0.6) is 5.75 Å². The molecule has 0 saturated carbocycles. The zero-order chi connectivity index (χ0) is 13.3. The lowest BCUT2D eigenvalue weighted by Crippen LogP contribution is -2.36. The van der Waals surface area contributed by atoms with Gasteiger partial charge in [0.2, 0.25) is 12.3 Å². The average molecular weight is 253 g/mol. The van der Waals surface area contributed by atoms with Crippen molar-refractivity contribution in [2.24, 2.45) is 0 Å². The highest BCUT2D eigenvalue weighted by Crippen LogP contribution is 2.35. The molecule has 2 rings (SSSR count). The topological polar surface area (TPSA) is 81.8 Å². The Morgan fingerprint density at radius 3 is 2.94 bits per heavy atom. The number of rotatable bonds is 3. The monoisotopic (exact) mass is 253 g/mol. The summed E-state index contributed by atoms with van der Waals surface area (Å²) in [6.07, 6.45) is -1.15. The summed E-state index contributed by atoms with van der Waals surface area (Å²) < 4.78 is 11.1. The van der Waals surface area contributed by atoms with E-state index in [9.17, 15) is 15.2 Å². The number of hydrogen-bond acceptors (Lipinski definition) is 5. The normalized spacial score (nSPS) is 18.6. The van der Waals surface area contributed by atoms with Crippen molar-refractivity contribution in [3.63, 3.8) is 0 Å². The van der Waals surface area contributed by atoms with Crippen LogP contribution >= 0.6 is 0 Å². The Labute approximate surface area is 104 Å². The Bertz CT molecular complexity index is 472. The summed E-state index contributed by atoms with van der Waals surface area (Å²) in [5.41, 5.74) is 1.16. The number of aliphatic hydroxyl groups excluding tert-OH is 1. The van der Waals surface area contributed by atoms with Gasteiger partial charge in [0.15, 0.2) is 0 Å². The number of benzene rings is 1. The van der Waals surface area contributed by atoms with Gasteiger partial charge in [-0.3, -0.25) is 10.1 Å². The summed E-state index contributed by atoms with van der Waals surface area (Å²) in [7, 11) is 0. The summed E-state index contributed by atoms with van der Waals surface area (Å²) in [6.45, 7) is 3.32. The highest BCUT2D eigenvalue weighted by atomic mass is 16.7. The van der Waals surface area contributed by atoms with Gasteiger partial charge in [-0.2, -0.15) is 0 Å². The third-order valence-corrected chi connectivity index (χ3v) is 2.77.